The summed E-state index contributed by atoms with van der Waals surface area (Å²) in [4.78, 5) is 0. The number of halogens is 2. The summed E-state index contributed by atoms with van der Waals surface area (Å²) in [6.07, 6.45) is 5.44. The van der Waals surface area contributed by atoms with Gasteiger partial charge in [0.15, 0.2) is 11.6 Å². The van der Waals surface area contributed by atoms with Crippen LogP contribution in [0, 0.1) is 11.6 Å². The Balaban J connectivity index is 1.54. The number of nitrogens with two attached hydrogens (primary N) is 1. The maximum atomic E-state index is 13.2. The van der Waals surface area contributed by atoms with Gasteiger partial charge < -0.3 is 11.1 Å². The van der Waals surface area contributed by atoms with Gasteiger partial charge in [0.25, 0.3) is 0 Å². The second kappa shape index (κ2) is 5.17. The quantitative estimate of drug-likeness (QED) is 0.882. The van der Waals surface area contributed by atoms with Gasteiger partial charge in [0.2, 0.25) is 0 Å². The van der Waals surface area contributed by atoms with Crippen LogP contribution in [0.2, 0.25) is 0 Å². The van der Waals surface area contributed by atoms with Crippen molar-refractivity contribution in [2.75, 3.05) is 0 Å². The van der Waals surface area contributed by atoms with Crippen molar-refractivity contribution in [1.29, 1.82) is 0 Å². The summed E-state index contributed by atoms with van der Waals surface area (Å²) in [6, 6.07) is 5.57. The standard InChI is InChI=1S/C15H20F2N2/c16-13-6-1-9(7-14(13)17)12-8-15(12)19-11-4-2-10(18)3-5-11/h1,6-7,10-12,15,19H,2-5,8,18H2/t10-,11-,12-,15+/m1/s1. The second-order valence-electron chi connectivity index (χ2n) is 5.90. The van der Waals surface area contributed by atoms with Crippen LogP contribution in [0.4, 0.5) is 8.78 Å². The fourth-order valence-electron chi connectivity index (χ4n) is 3.08. The number of benzene rings is 1. The maximum Gasteiger partial charge on any atom is 0.159 e. The lowest BCUT2D eigenvalue weighted by molar-refractivity contribution is 0.339. The lowest BCUT2D eigenvalue weighted by Gasteiger charge is -2.27. The predicted octanol–water partition coefficient (Wildman–Crippen LogP) is 2.68. The summed E-state index contributed by atoms with van der Waals surface area (Å²) in [6.45, 7) is 0. The van der Waals surface area contributed by atoms with Crippen molar-refractivity contribution in [3.05, 3.63) is 35.4 Å². The van der Waals surface area contributed by atoms with Crippen LogP contribution >= 0.6 is 0 Å². The summed E-state index contributed by atoms with van der Waals surface area (Å²) in [5.74, 6) is -1.17. The van der Waals surface area contributed by atoms with E-state index in [2.05, 4.69) is 5.32 Å². The molecule has 0 radical (unpaired) electrons. The molecule has 19 heavy (non-hydrogen) atoms. The van der Waals surface area contributed by atoms with Gasteiger partial charge in [-0.1, -0.05) is 6.07 Å². The SMILES string of the molecule is N[C@H]1CC[C@H](N[C@H]2C[C@@H]2c2ccc(F)c(F)c2)CC1. The molecule has 3 rings (SSSR count). The third-order valence-electron chi connectivity index (χ3n) is 4.38. The minimum absolute atomic E-state index is 0.339. The summed E-state index contributed by atoms with van der Waals surface area (Å²) in [5, 5.41) is 3.62. The van der Waals surface area contributed by atoms with Crippen LogP contribution in [0.3, 0.4) is 0 Å². The normalized spacial score (nSPS) is 34.3. The molecule has 1 aromatic carbocycles. The Morgan fingerprint density at radius 3 is 2.47 bits per heavy atom. The van der Waals surface area contributed by atoms with E-state index < -0.39 is 11.6 Å². The first kappa shape index (κ1) is 13.0. The number of nitrogens with one attached hydrogen (secondary N) is 1. The predicted molar refractivity (Wildman–Crippen MR) is 70.9 cm³/mol. The molecule has 2 nitrogen and oxygen atoms in total. The van der Waals surface area contributed by atoms with Crippen LogP contribution in [-0.2, 0) is 0 Å². The van der Waals surface area contributed by atoms with Crippen LogP contribution in [0.1, 0.15) is 43.6 Å². The zero-order valence-electron chi connectivity index (χ0n) is 10.9. The van der Waals surface area contributed by atoms with Gasteiger partial charge in [-0.15, -0.1) is 0 Å². The Morgan fingerprint density at radius 1 is 1.05 bits per heavy atom. The highest BCUT2D eigenvalue weighted by Crippen LogP contribution is 2.42. The molecule has 0 spiro atoms. The monoisotopic (exact) mass is 266 g/mol. The molecule has 2 atom stereocenters. The molecule has 0 bridgehead atoms. The van der Waals surface area contributed by atoms with Crippen molar-refractivity contribution < 1.29 is 8.78 Å². The highest BCUT2D eigenvalue weighted by atomic mass is 19.2. The van der Waals surface area contributed by atoms with Crippen molar-refractivity contribution in [2.45, 2.75) is 56.1 Å². The van der Waals surface area contributed by atoms with Gasteiger partial charge in [-0.05, 0) is 49.8 Å². The molecular formula is C15H20F2N2. The average Bonchev–Trinajstić information content (AvgIpc) is 3.15. The van der Waals surface area contributed by atoms with E-state index >= 15 is 0 Å². The first-order valence-electron chi connectivity index (χ1n) is 7.10. The minimum Gasteiger partial charge on any atom is -0.328 e. The first-order valence-corrected chi connectivity index (χ1v) is 7.10. The number of hydrogen-bond donors (Lipinski definition) is 2. The molecule has 0 unspecified atom stereocenters. The lowest BCUT2D eigenvalue weighted by atomic mass is 9.92. The third kappa shape index (κ3) is 2.95. The highest BCUT2D eigenvalue weighted by molar-refractivity contribution is 5.29. The van der Waals surface area contributed by atoms with Crippen molar-refractivity contribution in [3.8, 4) is 0 Å². The molecule has 0 heterocycles. The third-order valence-corrected chi connectivity index (χ3v) is 4.38. The van der Waals surface area contributed by atoms with Gasteiger partial charge in [-0.2, -0.15) is 0 Å². The van der Waals surface area contributed by atoms with Gasteiger partial charge >= 0.3 is 0 Å². The smallest absolute Gasteiger partial charge is 0.159 e. The van der Waals surface area contributed by atoms with Gasteiger partial charge in [-0.25, -0.2) is 8.78 Å². The molecule has 2 aliphatic carbocycles. The number of rotatable bonds is 3. The van der Waals surface area contributed by atoms with E-state index in [0.717, 1.165) is 37.7 Å². The van der Waals surface area contributed by atoms with E-state index in [-0.39, 0.29) is 0 Å². The highest BCUT2D eigenvalue weighted by Gasteiger charge is 2.40. The van der Waals surface area contributed by atoms with Gasteiger partial charge in [0, 0.05) is 24.0 Å². The fraction of sp³-hybridized carbons (Fsp3) is 0.600. The van der Waals surface area contributed by atoms with Crippen LogP contribution < -0.4 is 11.1 Å². The minimum atomic E-state index is -0.768. The zero-order chi connectivity index (χ0) is 13.4. The second-order valence-corrected chi connectivity index (χ2v) is 5.90. The zero-order valence-corrected chi connectivity index (χ0v) is 10.9. The molecule has 1 aromatic rings. The van der Waals surface area contributed by atoms with E-state index in [0.29, 0.717) is 24.0 Å². The molecule has 2 aliphatic rings. The average molecular weight is 266 g/mol. The van der Waals surface area contributed by atoms with Crippen molar-refractivity contribution >= 4 is 0 Å². The molecule has 3 N–H and O–H groups in total. The Labute approximate surface area is 112 Å². The van der Waals surface area contributed by atoms with Crippen LogP contribution in [-0.4, -0.2) is 18.1 Å². The maximum absolute atomic E-state index is 13.2. The first-order chi connectivity index (χ1) is 9.13. The molecule has 0 amide bonds. The lowest BCUT2D eigenvalue weighted by Crippen LogP contribution is -2.38. The van der Waals surface area contributed by atoms with E-state index in [9.17, 15) is 8.78 Å². The van der Waals surface area contributed by atoms with Crippen molar-refractivity contribution in [3.63, 3.8) is 0 Å². The fourth-order valence-corrected chi connectivity index (χ4v) is 3.08. The summed E-state index contributed by atoms with van der Waals surface area (Å²) >= 11 is 0. The Kier molecular flexibility index (Phi) is 3.54. The molecule has 0 aromatic heterocycles. The molecule has 104 valence electrons. The van der Waals surface area contributed by atoms with Crippen molar-refractivity contribution in [1.82, 2.24) is 5.32 Å². The molecular weight excluding hydrogens is 246 g/mol. The molecule has 2 saturated carbocycles. The van der Waals surface area contributed by atoms with E-state index in [1.807, 2.05) is 0 Å². The largest absolute Gasteiger partial charge is 0.328 e. The van der Waals surface area contributed by atoms with E-state index in [1.165, 1.54) is 12.1 Å². The van der Waals surface area contributed by atoms with Gasteiger partial charge in [0.1, 0.15) is 0 Å². The molecule has 4 heteroatoms. The van der Waals surface area contributed by atoms with E-state index in [1.54, 1.807) is 6.07 Å². The van der Waals surface area contributed by atoms with Crippen LogP contribution in [0.5, 0.6) is 0 Å². The van der Waals surface area contributed by atoms with Gasteiger partial charge in [0.05, 0.1) is 0 Å². The molecule has 2 fully saturated rings. The Morgan fingerprint density at radius 2 is 1.79 bits per heavy atom. The topological polar surface area (TPSA) is 38.0 Å². The van der Waals surface area contributed by atoms with Crippen molar-refractivity contribution in [2.24, 2.45) is 5.73 Å². The summed E-state index contributed by atoms with van der Waals surface area (Å²) < 4.78 is 26.1. The van der Waals surface area contributed by atoms with E-state index in [4.69, 9.17) is 5.73 Å². The van der Waals surface area contributed by atoms with Gasteiger partial charge in [-0.3, -0.25) is 0 Å². The van der Waals surface area contributed by atoms with Crippen LogP contribution in [0.25, 0.3) is 0 Å². The molecule has 0 aliphatic heterocycles. The Hall–Kier alpha value is -1.00. The summed E-state index contributed by atoms with van der Waals surface area (Å²) in [5.41, 5.74) is 6.79. The molecule has 0 saturated heterocycles. The Bertz CT molecular complexity index is 455. The van der Waals surface area contributed by atoms with Crippen LogP contribution in [0.15, 0.2) is 18.2 Å². The number of hydrogen-bond acceptors (Lipinski definition) is 2. The summed E-state index contributed by atoms with van der Waals surface area (Å²) in [7, 11) is 0.